The quantitative estimate of drug-likeness (QED) is 0.690. The third-order valence-electron chi connectivity index (χ3n) is 6.29. The number of rotatable bonds is 6. The fourth-order valence-corrected chi connectivity index (χ4v) is 5.44. The molecule has 2 unspecified atom stereocenters. The van der Waals surface area contributed by atoms with E-state index in [1.165, 1.54) is 0 Å². The van der Waals surface area contributed by atoms with Crippen molar-refractivity contribution in [2.45, 2.75) is 59.9 Å². The van der Waals surface area contributed by atoms with Crippen molar-refractivity contribution < 1.29 is 14.3 Å². The molecule has 2 aliphatic rings. The van der Waals surface area contributed by atoms with Crippen LogP contribution in [-0.4, -0.2) is 49.1 Å². The van der Waals surface area contributed by atoms with E-state index >= 15 is 0 Å². The van der Waals surface area contributed by atoms with Crippen molar-refractivity contribution in [1.82, 2.24) is 4.90 Å². The van der Waals surface area contributed by atoms with Crippen LogP contribution in [-0.2, 0) is 9.53 Å². The number of ether oxygens (including phenoxy) is 1. The Morgan fingerprint density at radius 3 is 2.36 bits per heavy atom. The Morgan fingerprint density at radius 2 is 1.75 bits per heavy atom. The predicted octanol–water partition coefficient (Wildman–Crippen LogP) is 4.12. The molecule has 2 atom stereocenters. The van der Waals surface area contributed by atoms with Gasteiger partial charge in [-0.2, -0.15) is 0 Å². The fourth-order valence-electron chi connectivity index (χ4n) is 5.44. The van der Waals surface area contributed by atoms with Gasteiger partial charge in [0.2, 0.25) is 0 Å². The van der Waals surface area contributed by atoms with Gasteiger partial charge in [-0.15, -0.1) is 0 Å². The van der Waals surface area contributed by atoms with Gasteiger partial charge in [0.05, 0.1) is 5.56 Å². The number of carbonyl (C=O) groups is 2. The molecule has 1 aromatic rings. The number of fused-ring (bicyclic) bond motifs is 2. The lowest BCUT2D eigenvalue weighted by Crippen LogP contribution is -2.39. The minimum Gasteiger partial charge on any atom is -0.452 e. The van der Waals surface area contributed by atoms with Crippen LogP contribution < -0.4 is 4.90 Å². The maximum Gasteiger partial charge on any atom is 0.338 e. The van der Waals surface area contributed by atoms with E-state index in [1.807, 2.05) is 17.0 Å². The Hall–Kier alpha value is -2.04. The summed E-state index contributed by atoms with van der Waals surface area (Å²) in [7, 11) is 0. The lowest BCUT2D eigenvalue weighted by Gasteiger charge is -2.39. The molecule has 0 spiro atoms. The Morgan fingerprint density at radius 1 is 1.11 bits per heavy atom. The van der Waals surface area contributed by atoms with Crippen molar-refractivity contribution in [1.29, 1.82) is 0 Å². The summed E-state index contributed by atoms with van der Waals surface area (Å²) in [4.78, 5) is 29.3. The maximum absolute atomic E-state index is 12.7. The van der Waals surface area contributed by atoms with Crippen LogP contribution in [0.15, 0.2) is 24.3 Å². The highest BCUT2D eigenvalue weighted by Gasteiger charge is 2.50. The monoisotopic (exact) mass is 386 g/mol. The first-order valence-corrected chi connectivity index (χ1v) is 10.5. The minimum absolute atomic E-state index is 0.0699. The van der Waals surface area contributed by atoms with Crippen LogP contribution in [0.25, 0.3) is 0 Å². The standard InChI is InChI=1S/C23H34N2O3/c1-6-24(7-2)18-10-8-17(9-11-18)21(27)28-14-20(26)25-16-23(5)13-19(25)12-22(3,4)15-23/h8-11,19H,6-7,12-16H2,1-5H3. The molecule has 2 fully saturated rings. The Balaban J connectivity index is 1.57. The van der Waals surface area contributed by atoms with Crippen molar-refractivity contribution >= 4 is 17.6 Å². The summed E-state index contributed by atoms with van der Waals surface area (Å²) in [6.07, 6.45) is 3.22. The van der Waals surface area contributed by atoms with Gasteiger partial charge in [-0.3, -0.25) is 4.79 Å². The average molecular weight is 387 g/mol. The number of anilines is 1. The molecule has 5 nitrogen and oxygen atoms in total. The lowest BCUT2D eigenvalue weighted by molar-refractivity contribution is -0.135. The molecule has 1 amide bonds. The van der Waals surface area contributed by atoms with Crippen LogP contribution in [0, 0.1) is 10.8 Å². The van der Waals surface area contributed by atoms with Crippen LogP contribution in [0.2, 0.25) is 0 Å². The van der Waals surface area contributed by atoms with E-state index in [0.29, 0.717) is 5.56 Å². The second-order valence-electron chi connectivity index (χ2n) is 9.53. The van der Waals surface area contributed by atoms with Gasteiger partial charge < -0.3 is 14.5 Å². The molecule has 28 heavy (non-hydrogen) atoms. The second kappa shape index (κ2) is 7.76. The minimum atomic E-state index is -0.437. The van der Waals surface area contributed by atoms with Crippen molar-refractivity contribution in [2.75, 3.05) is 31.1 Å². The third kappa shape index (κ3) is 4.34. The zero-order valence-electron chi connectivity index (χ0n) is 18.0. The van der Waals surface area contributed by atoms with E-state index in [0.717, 1.165) is 44.6 Å². The van der Waals surface area contributed by atoms with Crippen LogP contribution in [0.3, 0.4) is 0 Å². The maximum atomic E-state index is 12.7. The molecule has 0 aromatic heterocycles. The highest BCUT2D eigenvalue weighted by molar-refractivity contribution is 5.91. The summed E-state index contributed by atoms with van der Waals surface area (Å²) in [5.41, 5.74) is 2.01. The molecule has 0 N–H and O–H groups in total. The topological polar surface area (TPSA) is 49.9 Å². The molecule has 1 saturated heterocycles. The first kappa shape index (κ1) is 20.7. The van der Waals surface area contributed by atoms with Crippen molar-refractivity contribution in [3.8, 4) is 0 Å². The molecule has 154 valence electrons. The molecular formula is C23H34N2O3. The molecule has 1 aliphatic heterocycles. The zero-order valence-corrected chi connectivity index (χ0v) is 18.0. The largest absolute Gasteiger partial charge is 0.452 e. The number of amides is 1. The summed E-state index contributed by atoms with van der Waals surface area (Å²) in [5.74, 6) is -0.507. The smallest absolute Gasteiger partial charge is 0.338 e. The van der Waals surface area contributed by atoms with E-state index in [4.69, 9.17) is 4.74 Å². The lowest BCUT2D eigenvalue weighted by atomic mass is 9.65. The number of hydrogen-bond donors (Lipinski definition) is 0. The van der Waals surface area contributed by atoms with Crippen LogP contribution in [0.1, 0.15) is 64.2 Å². The molecule has 1 heterocycles. The van der Waals surface area contributed by atoms with Crippen molar-refractivity contribution in [3.05, 3.63) is 29.8 Å². The van der Waals surface area contributed by atoms with Gasteiger partial charge in [-0.25, -0.2) is 4.79 Å². The number of esters is 1. The number of likely N-dealkylation sites (tertiary alicyclic amines) is 1. The van der Waals surface area contributed by atoms with Gasteiger partial charge in [-0.1, -0.05) is 20.8 Å². The van der Waals surface area contributed by atoms with Crippen LogP contribution >= 0.6 is 0 Å². The number of hydrogen-bond acceptors (Lipinski definition) is 4. The summed E-state index contributed by atoms with van der Waals surface area (Å²) >= 11 is 0. The van der Waals surface area contributed by atoms with E-state index in [9.17, 15) is 9.59 Å². The third-order valence-corrected chi connectivity index (χ3v) is 6.29. The highest BCUT2D eigenvalue weighted by Crippen LogP contribution is 2.52. The molecule has 1 saturated carbocycles. The summed E-state index contributed by atoms with van der Waals surface area (Å²) in [5, 5.41) is 0. The second-order valence-corrected chi connectivity index (χ2v) is 9.53. The Kier molecular flexibility index (Phi) is 5.74. The van der Waals surface area contributed by atoms with Crippen LogP contribution in [0.4, 0.5) is 5.69 Å². The number of nitrogens with zero attached hydrogens (tertiary/aromatic N) is 2. The summed E-state index contributed by atoms with van der Waals surface area (Å²) in [6.45, 7) is 13.5. The molecular weight excluding hydrogens is 352 g/mol. The van der Waals surface area contributed by atoms with Gasteiger partial charge in [-0.05, 0) is 68.2 Å². The predicted molar refractivity (Wildman–Crippen MR) is 112 cm³/mol. The molecule has 5 heteroatoms. The molecule has 3 rings (SSSR count). The van der Waals surface area contributed by atoms with Gasteiger partial charge >= 0.3 is 5.97 Å². The van der Waals surface area contributed by atoms with E-state index in [2.05, 4.69) is 39.5 Å². The van der Waals surface area contributed by atoms with Gasteiger partial charge in [0.1, 0.15) is 0 Å². The normalized spacial score (nSPS) is 25.5. The van der Waals surface area contributed by atoms with E-state index in [-0.39, 0.29) is 29.4 Å². The highest BCUT2D eigenvalue weighted by atomic mass is 16.5. The first-order valence-electron chi connectivity index (χ1n) is 10.5. The van der Waals surface area contributed by atoms with Gasteiger partial charge in [0.15, 0.2) is 6.61 Å². The van der Waals surface area contributed by atoms with Gasteiger partial charge in [0, 0.05) is 31.4 Å². The van der Waals surface area contributed by atoms with E-state index < -0.39 is 5.97 Å². The summed E-state index contributed by atoms with van der Waals surface area (Å²) < 4.78 is 5.34. The average Bonchev–Trinajstić information content (AvgIpc) is 2.90. The number of benzene rings is 1. The molecule has 1 aromatic carbocycles. The molecule has 1 aliphatic carbocycles. The van der Waals surface area contributed by atoms with Gasteiger partial charge in [0.25, 0.3) is 5.91 Å². The van der Waals surface area contributed by atoms with Crippen molar-refractivity contribution in [2.24, 2.45) is 10.8 Å². The number of carbonyl (C=O) groups excluding carboxylic acids is 2. The van der Waals surface area contributed by atoms with Crippen LogP contribution in [0.5, 0.6) is 0 Å². The summed E-state index contributed by atoms with van der Waals surface area (Å²) in [6, 6.07) is 7.67. The van der Waals surface area contributed by atoms with Crippen molar-refractivity contribution in [3.63, 3.8) is 0 Å². The Labute approximate surface area is 169 Å². The first-order chi connectivity index (χ1) is 13.2. The SMILES string of the molecule is CCN(CC)c1ccc(C(=O)OCC(=O)N2CC3(C)CC2CC(C)(C)C3)cc1. The van der Waals surface area contributed by atoms with E-state index in [1.54, 1.807) is 12.1 Å². The zero-order chi connectivity index (χ0) is 20.5. The molecule has 0 radical (unpaired) electrons. The Bertz CT molecular complexity index is 724. The fraction of sp³-hybridized carbons (Fsp3) is 0.652. The molecule has 2 bridgehead atoms.